The average molecular weight is 388 g/mol. The summed E-state index contributed by atoms with van der Waals surface area (Å²) in [6, 6.07) is 17.1. The fraction of sp³-hybridized carbons (Fsp3) is 0.278. The van der Waals surface area contributed by atoms with Gasteiger partial charge in [-0.05, 0) is 23.8 Å². The van der Waals surface area contributed by atoms with Crippen LogP contribution in [-0.4, -0.2) is 36.1 Å². The van der Waals surface area contributed by atoms with Gasteiger partial charge in [0.25, 0.3) is 0 Å². The number of piperazine rings is 1. The number of nitrogens with zero attached hydrogens (tertiary/aromatic N) is 2. The molecule has 5 heteroatoms. The Morgan fingerprint density at radius 3 is 2.57 bits per heavy atom. The van der Waals surface area contributed by atoms with Crippen molar-refractivity contribution in [3.63, 3.8) is 0 Å². The van der Waals surface area contributed by atoms with E-state index < -0.39 is 0 Å². The lowest BCUT2D eigenvalue weighted by molar-refractivity contribution is 0.198. The van der Waals surface area contributed by atoms with E-state index in [1.165, 1.54) is 15.3 Å². The number of nitrogens with one attached hydrogen (secondary N) is 1. The number of halogens is 1. The summed E-state index contributed by atoms with van der Waals surface area (Å²) in [6.45, 7) is 4.15. The van der Waals surface area contributed by atoms with Gasteiger partial charge in [0.1, 0.15) is 5.01 Å². The molecule has 1 fully saturated rings. The minimum absolute atomic E-state index is 0.213. The van der Waals surface area contributed by atoms with Gasteiger partial charge in [-0.1, -0.05) is 46.3 Å². The van der Waals surface area contributed by atoms with Gasteiger partial charge in [0.05, 0.1) is 16.3 Å². The van der Waals surface area contributed by atoms with Gasteiger partial charge in [-0.15, -0.1) is 11.3 Å². The molecule has 2 aromatic carbocycles. The minimum Gasteiger partial charge on any atom is -0.314 e. The molecule has 1 unspecified atom stereocenters. The second-order valence-corrected chi connectivity index (χ2v) is 7.65. The summed E-state index contributed by atoms with van der Waals surface area (Å²) >= 11 is 5.55. The van der Waals surface area contributed by atoms with Crippen LogP contribution in [0.5, 0.6) is 0 Å². The minimum atomic E-state index is 0.213. The molecule has 1 N–H and O–H groups in total. The molecule has 1 aromatic heterocycles. The zero-order valence-corrected chi connectivity index (χ0v) is 15.1. The molecule has 3 aromatic rings. The van der Waals surface area contributed by atoms with Crippen LogP contribution in [0.3, 0.4) is 0 Å². The molecule has 1 aliphatic rings. The first-order chi connectivity index (χ1) is 11.3. The van der Waals surface area contributed by atoms with Gasteiger partial charge in [0.2, 0.25) is 0 Å². The Hall–Kier alpha value is -1.27. The lowest BCUT2D eigenvalue weighted by atomic mass is 10.1. The Kier molecular flexibility index (Phi) is 4.44. The molecule has 3 nitrogen and oxygen atoms in total. The van der Waals surface area contributed by atoms with Crippen molar-refractivity contribution >= 4 is 37.5 Å². The number of benzene rings is 2. The molecule has 0 radical (unpaired) electrons. The van der Waals surface area contributed by atoms with Gasteiger partial charge in [-0.25, -0.2) is 4.98 Å². The van der Waals surface area contributed by atoms with Crippen LogP contribution < -0.4 is 5.32 Å². The topological polar surface area (TPSA) is 28.2 Å². The Labute approximate surface area is 148 Å². The third-order valence-corrected chi connectivity index (χ3v) is 6.07. The summed E-state index contributed by atoms with van der Waals surface area (Å²) in [5.74, 6) is 0. The Morgan fingerprint density at radius 2 is 1.78 bits per heavy atom. The van der Waals surface area contributed by atoms with Crippen LogP contribution in [0, 0.1) is 0 Å². The molecule has 1 atom stereocenters. The van der Waals surface area contributed by atoms with E-state index in [4.69, 9.17) is 4.98 Å². The van der Waals surface area contributed by atoms with Crippen LogP contribution in [-0.2, 0) is 0 Å². The lowest BCUT2D eigenvalue weighted by Gasteiger charge is -2.34. The number of fused-ring (bicyclic) bond motifs is 1. The summed E-state index contributed by atoms with van der Waals surface area (Å²) in [7, 11) is 0. The number of hydrogen-bond acceptors (Lipinski definition) is 4. The van der Waals surface area contributed by atoms with E-state index in [1.807, 2.05) is 11.3 Å². The molecular weight excluding hydrogens is 370 g/mol. The van der Waals surface area contributed by atoms with Crippen LogP contribution in [0.15, 0.2) is 53.0 Å². The van der Waals surface area contributed by atoms with Crippen LogP contribution in [0.1, 0.15) is 16.6 Å². The molecule has 2 heterocycles. The molecule has 0 bridgehead atoms. The first-order valence-corrected chi connectivity index (χ1v) is 9.48. The normalized spacial score (nSPS) is 17.4. The molecular formula is C18H18BrN3S. The van der Waals surface area contributed by atoms with Crippen LogP contribution in [0.2, 0.25) is 0 Å². The molecule has 0 amide bonds. The Morgan fingerprint density at radius 1 is 1.04 bits per heavy atom. The van der Waals surface area contributed by atoms with Gasteiger partial charge in [-0.3, -0.25) is 4.90 Å². The van der Waals surface area contributed by atoms with Crippen LogP contribution in [0.4, 0.5) is 0 Å². The molecule has 23 heavy (non-hydrogen) atoms. The highest BCUT2D eigenvalue weighted by Crippen LogP contribution is 2.37. The van der Waals surface area contributed by atoms with Crippen molar-refractivity contribution in [2.45, 2.75) is 6.04 Å². The van der Waals surface area contributed by atoms with Gasteiger partial charge in [0.15, 0.2) is 0 Å². The monoisotopic (exact) mass is 387 g/mol. The van der Waals surface area contributed by atoms with E-state index in [-0.39, 0.29) is 6.04 Å². The third-order valence-electron chi connectivity index (χ3n) is 4.26. The molecule has 0 aliphatic carbocycles. The molecule has 1 aliphatic heterocycles. The van der Waals surface area contributed by atoms with E-state index >= 15 is 0 Å². The van der Waals surface area contributed by atoms with E-state index in [9.17, 15) is 0 Å². The van der Waals surface area contributed by atoms with E-state index in [0.717, 1.165) is 36.2 Å². The zero-order chi connectivity index (χ0) is 15.6. The van der Waals surface area contributed by atoms with Gasteiger partial charge in [0, 0.05) is 30.7 Å². The number of hydrogen-bond donors (Lipinski definition) is 1. The largest absolute Gasteiger partial charge is 0.314 e. The average Bonchev–Trinajstić information content (AvgIpc) is 3.01. The first kappa shape index (κ1) is 15.3. The highest BCUT2D eigenvalue weighted by molar-refractivity contribution is 9.10. The van der Waals surface area contributed by atoms with Crippen LogP contribution >= 0.6 is 27.3 Å². The maximum Gasteiger partial charge on any atom is 0.116 e. The third kappa shape index (κ3) is 3.06. The summed E-state index contributed by atoms with van der Waals surface area (Å²) in [6.07, 6.45) is 0. The van der Waals surface area contributed by atoms with Crippen molar-refractivity contribution in [1.29, 1.82) is 0 Å². The summed E-state index contributed by atoms with van der Waals surface area (Å²) in [5.41, 5.74) is 2.40. The van der Waals surface area contributed by atoms with Crippen molar-refractivity contribution in [2.24, 2.45) is 0 Å². The van der Waals surface area contributed by atoms with Crippen molar-refractivity contribution in [3.05, 3.63) is 63.6 Å². The molecule has 0 saturated carbocycles. The SMILES string of the molecule is Brc1ccccc1C(c1nc2ccccc2s1)N1CCNCC1. The molecule has 118 valence electrons. The van der Waals surface area contributed by atoms with Crippen molar-refractivity contribution in [2.75, 3.05) is 26.2 Å². The predicted molar refractivity (Wildman–Crippen MR) is 100 cm³/mol. The summed E-state index contributed by atoms with van der Waals surface area (Å²) in [4.78, 5) is 7.48. The first-order valence-electron chi connectivity index (χ1n) is 7.87. The Bertz CT molecular complexity index is 778. The molecule has 0 spiro atoms. The number of thiazole rings is 1. The zero-order valence-electron chi connectivity index (χ0n) is 12.7. The Balaban J connectivity index is 1.82. The fourth-order valence-electron chi connectivity index (χ4n) is 3.13. The van der Waals surface area contributed by atoms with Crippen LogP contribution in [0.25, 0.3) is 10.2 Å². The highest BCUT2D eigenvalue weighted by atomic mass is 79.9. The van der Waals surface area contributed by atoms with Gasteiger partial charge >= 0.3 is 0 Å². The second-order valence-electron chi connectivity index (χ2n) is 5.73. The quantitative estimate of drug-likeness (QED) is 0.734. The van der Waals surface area contributed by atoms with Gasteiger partial charge < -0.3 is 5.32 Å². The van der Waals surface area contributed by atoms with Crippen molar-refractivity contribution < 1.29 is 0 Å². The van der Waals surface area contributed by atoms with Crippen molar-refractivity contribution in [1.82, 2.24) is 15.2 Å². The van der Waals surface area contributed by atoms with Gasteiger partial charge in [-0.2, -0.15) is 0 Å². The predicted octanol–water partition coefficient (Wildman–Crippen LogP) is 4.05. The van der Waals surface area contributed by atoms with E-state index in [1.54, 1.807) is 0 Å². The number of rotatable bonds is 3. The maximum absolute atomic E-state index is 4.94. The van der Waals surface area contributed by atoms with E-state index in [2.05, 4.69) is 74.7 Å². The van der Waals surface area contributed by atoms with E-state index in [0.29, 0.717) is 0 Å². The highest BCUT2D eigenvalue weighted by Gasteiger charge is 2.28. The summed E-state index contributed by atoms with van der Waals surface area (Å²) < 4.78 is 2.41. The fourth-order valence-corrected chi connectivity index (χ4v) is 4.75. The standard InChI is InChI=1S/C18H18BrN3S/c19-14-6-2-1-5-13(14)17(22-11-9-20-10-12-22)18-21-15-7-3-4-8-16(15)23-18/h1-8,17,20H,9-12H2. The smallest absolute Gasteiger partial charge is 0.116 e. The van der Waals surface area contributed by atoms with Crippen molar-refractivity contribution in [3.8, 4) is 0 Å². The second kappa shape index (κ2) is 6.69. The number of aromatic nitrogens is 1. The molecule has 4 rings (SSSR count). The molecule has 1 saturated heterocycles. The maximum atomic E-state index is 4.94. The lowest BCUT2D eigenvalue weighted by Crippen LogP contribution is -2.45. The number of para-hydroxylation sites is 1. The summed E-state index contributed by atoms with van der Waals surface area (Å²) in [5, 5.41) is 4.62.